The summed E-state index contributed by atoms with van der Waals surface area (Å²) in [7, 11) is 0. The van der Waals surface area contributed by atoms with Gasteiger partial charge in [0.15, 0.2) is 0 Å². The highest BCUT2D eigenvalue weighted by Crippen LogP contribution is 2.33. The highest BCUT2D eigenvalue weighted by molar-refractivity contribution is 8.00. The number of anilines is 1. The van der Waals surface area contributed by atoms with Gasteiger partial charge in [-0.15, -0.1) is 11.8 Å². The quantitative estimate of drug-likeness (QED) is 0.746. The van der Waals surface area contributed by atoms with Crippen LogP contribution in [0.15, 0.2) is 23.1 Å². The summed E-state index contributed by atoms with van der Waals surface area (Å²) in [6.07, 6.45) is 0. The average molecular weight is 224 g/mol. The lowest BCUT2D eigenvalue weighted by Crippen LogP contribution is -2.30. The molecule has 1 heterocycles. The van der Waals surface area contributed by atoms with Gasteiger partial charge in [-0.1, -0.05) is 6.07 Å². The highest BCUT2D eigenvalue weighted by Gasteiger charge is 2.21. The van der Waals surface area contributed by atoms with Gasteiger partial charge >= 0.3 is 0 Å². The molecule has 0 atom stereocenters. The Labute approximate surface area is 92.0 Å². The van der Waals surface area contributed by atoms with Gasteiger partial charge in [-0.25, -0.2) is 0 Å². The molecule has 1 aromatic rings. The Morgan fingerprint density at radius 2 is 2.20 bits per heavy atom. The molecule has 5 heteroatoms. The molecular weight excluding hydrogens is 212 g/mol. The first-order valence-electron chi connectivity index (χ1n) is 4.61. The molecule has 1 saturated heterocycles. The SMILES string of the molecule is NC(=O)c1cccc(SC2COC2)c1N. The summed E-state index contributed by atoms with van der Waals surface area (Å²) in [5, 5.41) is 0.440. The van der Waals surface area contributed by atoms with Crippen molar-refractivity contribution in [3.05, 3.63) is 23.8 Å². The first kappa shape index (κ1) is 10.3. The maximum atomic E-state index is 11.1. The first-order valence-corrected chi connectivity index (χ1v) is 5.49. The number of carbonyl (C=O) groups is 1. The van der Waals surface area contributed by atoms with Crippen molar-refractivity contribution in [2.24, 2.45) is 5.73 Å². The van der Waals surface area contributed by atoms with E-state index in [-0.39, 0.29) is 0 Å². The monoisotopic (exact) mass is 224 g/mol. The van der Waals surface area contributed by atoms with Gasteiger partial charge < -0.3 is 16.2 Å². The van der Waals surface area contributed by atoms with Gasteiger partial charge in [-0.3, -0.25) is 4.79 Å². The Balaban J connectivity index is 2.22. The second-order valence-electron chi connectivity index (χ2n) is 3.36. The summed E-state index contributed by atoms with van der Waals surface area (Å²) in [6.45, 7) is 1.48. The Hall–Kier alpha value is -1.20. The molecule has 4 N–H and O–H groups in total. The molecule has 0 aliphatic carbocycles. The molecule has 2 rings (SSSR count). The number of amides is 1. The van der Waals surface area contributed by atoms with Crippen LogP contribution in [-0.2, 0) is 4.74 Å². The molecular formula is C10H12N2O2S. The molecule has 1 aromatic carbocycles. The van der Waals surface area contributed by atoms with Crippen molar-refractivity contribution in [1.29, 1.82) is 0 Å². The fourth-order valence-electron chi connectivity index (χ4n) is 1.32. The predicted octanol–water partition coefficient (Wildman–Crippen LogP) is 0.859. The molecule has 1 aliphatic rings. The number of thioether (sulfide) groups is 1. The summed E-state index contributed by atoms with van der Waals surface area (Å²) in [5.41, 5.74) is 11.9. The number of rotatable bonds is 3. The van der Waals surface area contributed by atoms with E-state index in [0.29, 0.717) is 16.5 Å². The minimum absolute atomic E-state index is 0.389. The molecule has 1 aliphatic heterocycles. The molecule has 1 amide bonds. The molecule has 0 aromatic heterocycles. The Morgan fingerprint density at radius 3 is 2.73 bits per heavy atom. The van der Waals surface area contributed by atoms with Crippen LogP contribution in [-0.4, -0.2) is 24.4 Å². The van der Waals surface area contributed by atoms with Gasteiger partial charge in [-0.05, 0) is 12.1 Å². The molecule has 80 valence electrons. The van der Waals surface area contributed by atoms with Gasteiger partial charge in [0.1, 0.15) is 0 Å². The minimum Gasteiger partial charge on any atom is -0.397 e. The van der Waals surface area contributed by atoms with Gasteiger partial charge in [0.05, 0.1) is 29.7 Å². The number of hydrogen-bond acceptors (Lipinski definition) is 4. The summed E-state index contributed by atoms with van der Waals surface area (Å²) in [6, 6.07) is 5.32. The molecule has 0 radical (unpaired) electrons. The van der Waals surface area contributed by atoms with Crippen LogP contribution in [0, 0.1) is 0 Å². The zero-order valence-corrected chi connectivity index (χ0v) is 8.92. The summed E-state index contributed by atoms with van der Waals surface area (Å²) in [4.78, 5) is 12.0. The molecule has 0 spiro atoms. The second kappa shape index (κ2) is 4.12. The topological polar surface area (TPSA) is 78.3 Å². The molecule has 15 heavy (non-hydrogen) atoms. The Morgan fingerprint density at radius 1 is 1.47 bits per heavy atom. The molecule has 4 nitrogen and oxygen atoms in total. The second-order valence-corrected chi connectivity index (χ2v) is 4.70. The fourth-order valence-corrected chi connectivity index (χ4v) is 2.41. The fraction of sp³-hybridized carbons (Fsp3) is 0.300. The predicted molar refractivity (Wildman–Crippen MR) is 59.8 cm³/mol. The van der Waals surface area contributed by atoms with E-state index in [1.165, 1.54) is 0 Å². The van der Waals surface area contributed by atoms with Crippen molar-refractivity contribution in [2.75, 3.05) is 18.9 Å². The van der Waals surface area contributed by atoms with Crippen molar-refractivity contribution < 1.29 is 9.53 Å². The standard InChI is InChI=1S/C10H12N2O2S/c11-9-7(10(12)13)2-1-3-8(9)15-6-4-14-5-6/h1-3,6H,4-5,11H2,(H2,12,13). The van der Waals surface area contributed by atoms with Crippen LogP contribution >= 0.6 is 11.8 Å². The smallest absolute Gasteiger partial charge is 0.250 e. The Bertz CT molecular complexity index is 391. The lowest BCUT2D eigenvalue weighted by Gasteiger charge is -2.25. The number of carbonyl (C=O) groups excluding carboxylic acids is 1. The number of nitrogens with two attached hydrogens (primary N) is 2. The molecule has 0 unspecified atom stereocenters. The van der Waals surface area contributed by atoms with Crippen LogP contribution in [0.25, 0.3) is 0 Å². The molecule has 0 saturated carbocycles. The zero-order chi connectivity index (χ0) is 10.8. The largest absolute Gasteiger partial charge is 0.397 e. The maximum Gasteiger partial charge on any atom is 0.250 e. The lowest BCUT2D eigenvalue weighted by molar-refractivity contribution is 0.0455. The summed E-state index contributed by atoms with van der Waals surface area (Å²) >= 11 is 1.63. The molecule has 1 fully saturated rings. The van der Waals surface area contributed by atoms with Gasteiger partial charge in [0.25, 0.3) is 5.91 Å². The number of nitrogen functional groups attached to an aromatic ring is 1. The van der Waals surface area contributed by atoms with Crippen molar-refractivity contribution in [2.45, 2.75) is 10.1 Å². The van der Waals surface area contributed by atoms with Crippen molar-refractivity contribution in [1.82, 2.24) is 0 Å². The van der Waals surface area contributed by atoms with Crippen LogP contribution in [0.2, 0.25) is 0 Å². The van der Waals surface area contributed by atoms with E-state index in [0.717, 1.165) is 18.1 Å². The average Bonchev–Trinajstić information content (AvgIpc) is 2.13. The van der Waals surface area contributed by atoms with E-state index in [9.17, 15) is 4.79 Å². The van der Waals surface area contributed by atoms with Gasteiger partial charge in [-0.2, -0.15) is 0 Å². The number of primary amides is 1. The lowest BCUT2D eigenvalue weighted by atomic mass is 10.2. The normalized spacial score (nSPS) is 16.0. The van der Waals surface area contributed by atoms with Crippen LogP contribution < -0.4 is 11.5 Å². The van der Waals surface area contributed by atoms with Crippen molar-refractivity contribution >= 4 is 23.4 Å². The first-order chi connectivity index (χ1) is 7.18. The van der Waals surface area contributed by atoms with Crippen molar-refractivity contribution in [3.63, 3.8) is 0 Å². The Kier molecular flexibility index (Phi) is 2.83. The third-order valence-electron chi connectivity index (χ3n) is 2.23. The zero-order valence-electron chi connectivity index (χ0n) is 8.10. The number of para-hydroxylation sites is 1. The van der Waals surface area contributed by atoms with Crippen LogP contribution in [0.4, 0.5) is 5.69 Å². The van der Waals surface area contributed by atoms with Crippen LogP contribution in [0.5, 0.6) is 0 Å². The number of benzene rings is 1. The van der Waals surface area contributed by atoms with E-state index in [1.54, 1.807) is 23.9 Å². The third-order valence-corrected chi connectivity index (χ3v) is 3.45. The van der Waals surface area contributed by atoms with Gasteiger partial charge in [0.2, 0.25) is 0 Å². The molecule has 0 bridgehead atoms. The van der Waals surface area contributed by atoms with E-state index >= 15 is 0 Å². The van der Waals surface area contributed by atoms with Crippen molar-refractivity contribution in [3.8, 4) is 0 Å². The van der Waals surface area contributed by atoms with Crippen LogP contribution in [0.3, 0.4) is 0 Å². The summed E-state index contributed by atoms with van der Waals surface area (Å²) < 4.78 is 5.07. The minimum atomic E-state index is -0.486. The maximum absolute atomic E-state index is 11.1. The van der Waals surface area contributed by atoms with E-state index < -0.39 is 5.91 Å². The third kappa shape index (κ3) is 2.08. The van der Waals surface area contributed by atoms with E-state index in [2.05, 4.69) is 0 Å². The summed E-state index contributed by atoms with van der Waals surface area (Å²) in [5.74, 6) is -0.486. The number of ether oxygens (including phenoxy) is 1. The highest BCUT2D eigenvalue weighted by atomic mass is 32.2. The van der Waals surface area contributed by atoms with Gasteiger partial charge in [0, 0.05) is 4.90 Å². The van der Waals surface area contributed by atoms with Crippen LogP contribution in [0.1, 0.15) is 10.4 Å². The number of hydrogen-bond donors (Lipinski definition) is 2. The van der Waals surface area contributed by atoms with E-state index in [4.69, 9.17) is 16.2 Å². The van der Waals surface area contributed by atoms with E-state index in [1.807, 2.05) is 6.07 Å².